The van der Waals surface area contributed by atoms with Crippen LogP contribution >= 0.6 is 11.6 Å². The molecule has 1 unspecified atom stereocenters. The van der Waals surface area contributed by atoms with Crippen molar-refractivity contribution in [2.45, 2.75) is 18.9 Å². The lowest BCUT2D eigenvalue weighted by Crippen LogP contribution is -2.50. The van der Waals surface area contributed by atoms with Crippen LogP contribution in [0.25, 0.3) is 0 Å². The fourth-order valence-corrected chi connectivity index (χ4v) is 2.47. The van der Waals surface area contributed by atoms with Gasteiger partial charge in [-0.15, -0.1) is 0 Å². The number of nitrogens with one attached hydrogen (secondary N) is 4. The Kier molecular flexibility index (Phi) is 7.91. The van der Waals surface area contributed by atoms with Gasteiger partial charge in [-0.2, -0.15) is 0 Å². The molecule has 2 aromatic rings. The third-order valence-corrected chi connectivity index (χ3v) is 3.97. The van der Waals surface area contributed by atoms with Crippen LogP contribution in [0.2, 0.25) is 5.02 Å². The number of benzene rings is 2. The lowest BCUT2D eigenvalue weighted by molar-refractivity contribution is -0.120. The third kappa shape index (κ3) is 6.98. The quantitative estimate of drug-likeness (QED) is 0.359. The highest BCUT2D eigenvalue weighted by Crippen LogP contribution is 2.12. The van der Waals surface area contributed by atoms with E-state index in [4.69, 9.17) is 22.1 Å². The summed E-state index contributed by atoms with van der Waals surface area (Å²) in [5.41, 5.74) is 1.16. The van der Waals surface area contributed by atoms with Crippen molar-refractivity contribution in [3.05, 3.63) is 64.9 Å². The molecule has 28 heavy (non-hydrogen) atoms. The Hall–Kier alpha value is -2.97. The van der Waals surface area contributed by atoms with Gasteiger partial charge in [0.25, 0.3) is 0 Å². The van der Waals surface area contributed by atoms with Crippen LogP contribution in [0, 0.1) is 11.2 Å². The monoisotopic (exact) mass is 406 g/mol. The zero-order valence-electron chi connectivity index (χ0n) is 14.8. The SMILES string of the molecule is N=C(NC(=O)CCO)C(Cc1ccc(Cl)cc1)NC(=O)Nc1ccc(F)cc1. The van der Waals surface area contributed by atoms with Gasteiger partial charge in [0, 0.05) is 10.7 Å². The number of carbonyl (C=O) groups is 2. The van der Waals surface area contributed by atoms with Crippen molar-refractivity contribution >= 4 is 35.1 Å². The molecule has 0 aromatic heterocycles. The fourth-order valence-electron chi connectivity index (χ4n) is 2.34. The number of amides is 3. The number of aliphatic hydroxyl groups excluding tert-OH is 1. The van der Waals surface area contributed by atoms with E-state index in [2.05, 4.69) is 16.0 Å². The van der Waals surface area contributed by atoms with Crippen molar-refractivity contribution in [2.24, 2.45) is 0 Å². The van der Waals surface area contributed by atoms with E-state index in [0.717, 1.165) is 5.56 Å². The smallest absolute Gasteiger partial charge is 0.319 e. The second kappa shape index (κ2) is 10.4. The minimum Gasteiger partial charge on any atom is -0.396 e. The van der Waals surface area contributed by atoms with Gasteiger partial charge < -0.3 is 21.1 Å². The van der Waals surface area contributed by atoms with Crippen molar-refractivity contribution in [3.8, 4) is 0 Å². The molecule has 148 valence electrons. The molecule has 3 amide bonds. The van der Waals surface area contributed by atoms with Crippen LogP contribution in [-0.4, -0.2) is 35.5 Å². The number of urea groups is 1. The molecular formula is C19H20ClFN4O3. The summed E-state index contributed by atoms with van der Waals surface area (Å²) >= 11 is 5.87. The Labute approximate surface area is 166 Å². The van der Waals surface area contributed by atoms with Crippen molar-refractivity contribution in [2.75, 3.05) is 11.9 Å². The highest BCUT2D eigenvalue weighted by Gasteiger charge is 2.20. The van der Waals surface area contributed by atoms with Gasteiger partial charge in [0.1, 0.15) is 11.7 Å². The molecule has 0 aliphatic rings. The van der Waals surface area contributed by atoms with E-state index in [1.807, 2.05) is 0 Å². The molecular weight excluding hydrogens is 387 g/mol. The van der Waals surface area contributed by atoms with Crippen LogP contribution < -0.4 is 16.0 Å². The van der Waals surface area contributed by atoms with Crippen LogP contribution in [0.15, 0.2) is 48.5 Å². The largest absolute Gasteiger partial charge is 0.396 e. The summed E-state index contributed by atoms with van der Waals surface area (Å²) in [5.74, 6) is -1.18. The molecule has 0 heterocycles. The molecule has 0 saturated heterocycles. The average Bonchev–Trinajstić information content (AvgIpc) is 2.65. The molecule has 2 aromatic carbocycles. The molecule has 7 nitrogen and oxygen atoms in total. The molecule has 0 saturated carbocycles. The van der Waals surface area contributed by atoms with Crippen molar-refractivity contribution in [3.63, 3.8) is 0 Å². The van der Waals surface area contributed by atoms with Crippen molar-refractivity contribution in [1.29, 1.82) is 5.41 Å². The lowest BCUT2D eigenvalue weighted by Gasteiger charge is -2.21. The second-order valence-corrected chi connectivity index (χ2v) is 6.36. The fraction of sp³-hybridized carbons (Fsp3) is 0.211. The van der Waals surface area contributed by atoms with Crippen LogP contribution in [0.5, 0.6) is 0 Å². The predicted octanol–water partition coefficient (Wildman–Crippen LogP) is 2.69. The van der Waals surface area contributed by atoms with Crippen LogP contribution in [0.4, 0.5) is 14.9 Å². The van der Waals surface area contributed by atoms with Crippen LogP contribution in [-0.2, 0) is 11.2 Å². The first kappa shape index (κ1) is 21.3. The number of amidine groups is 1. The zero-order valence-corrected chi connectivity index (χ0v) is 15.6. The Bertz CT molecular complexity index is 828. The summed E-state index contributed by atoms with van der Waals surface area (Å²) in [6.07, 6.45) is 0.0735. The van der Waals surface area contributed by atoms with Crippen LogP contribution in [0.3, 0.4) is 0 Å². The summed E-state index contributed by atoms with van der Waals surface area (Å²) in [7, 11) is 0. The van der Waals surface area contributed by atoms with E-state index in [0.29, 0.717) is 10.7 Å². The number of halogens is 2. The summed E-state index contributed by atoms with van der Waals surface area (Å²) < 4.78 is 13.0. The Balaban J connectivity index is 2.08. The molecule has 0 fully saturated rings. The lowest BCUT2D eigenvalue weighted by atomic mass is 10.0. The second-order valence-electron chi connectivity index (χ2n) is 5.92. The maximum absolute atomic E-state index is 13.0. The van der Waals surface area contributed by atoms with E-state index in [9.17, 15) is 14.0 Å². The minimum absolute atomic E-state index is 0.155. The minimum atomic E-state index is -0.843. The van der Waals surface area contributed by atoms with Gasteiger partial charge in [0.15, 0.2) is 0 Å². The van der Waals surface area contributed by atoms with Gasteiger partial charge >= 0.3 is 6.03 Å². The number of aliphatic hydroxyl groups is 1. The standard InChI is InChI=1S/C19H20ClFN4O3/c20-13-3-1-12(2-4-13)11-16(18(22)25-17(27)9-10-26)24-19(28)23-15-7-5-14(21)6-8-15/h1-8,16,26H,9-11H2,(H2,22,25,27)(H2,23,24,28). The molecule has 5 N–H and O–H groups in total. The average molecular weight is 407 g/mol. The number of hydrogen-bond acceptors (Lipinski definition) is 4. The maximum Gasteiger partial charge on any atom is 0.319 e. The van der Waals surface area contributed by atoms with E-state index in [1.54, 1.807) is 24.3 Å². The molecule has 1 atom stereocenters. The number of carbonyl (C=O) groups excluding carboxylic acids is 2. The Morgan fingerprint density at radius 2 is 1.75 bits per heavy atom. The van der Waals surface area contributed by atoms with Gasteiger partial charge in [-0.05, 0) is 48.4 Å². The van der Waals surface area contributed by atoms with Gasteiger partial charge in [-0.3, -0.25) is 10.2 Å². The Morgan fingerprint density at radius 3 is 2.36 bits per heavy atom. The molecule has 0 bridgehead atoms. The van der Waals surface area contributed by atoms with Gasteiger partial charge in [0.05, 0.1) is 19.1 Å². The molecule has 9 heteroatoms. The number of rotatable bonds is 7. The molecule has 0 aliphatic heterocycles. The van der Waals surface area contributed by atoms with Gasteiger partial charge in [-0.1, -0.05) is 23.7 Å². The predicted molar refractivity (Wildman–Crippen MR) is 105 cm³/mol. The highest BCUT2D eigenvalue weighted by molar-refractivity contribution is 6.30. The van der Waals surface area contributed by atoms with Gasteiger partial charge in [0.2, 0.25) is 5.91 Å². The first-order chi connectivity index (χ1) is 13.4. The first-order valence-corrected chi connectivity index (χ1v) is 8.82. The summed E-state index contributed by atoms with van der Waals surface area (Å²) in [6.45, 7) is -0.348. The van der Waals surface area contributed by atoms with E-state index >= 15 is 0 Å². The van der Waals surface area contributed by atoms with E-state index in [1.165, 1.54) is 24.3 Å². The molecule has 0 radical (unpaired) electrons. The maximum atomic E-state index is 13.0. The normalized spacial score (nSPS) is 11.4. The van der Waals surface area contributed by atoms with Crippen LogP contribution in [0.1, 0.15) is 12.0 Å². The summed E-state index contributed by atoms with van der Waals surface area (Å²) in [6, 6.07) is 10.6. The number of anilines is 1. The summed E-state index contributed by atoms with van der Waals surface area (Å²) in [4.78, 5) is 24.0. The van der Waals surface area contributed by atoms with E-state index < -0.39 is 23.8 Å². The van der Waals surface area contributed by atoms with Crippen molar-refractivity contribution in [1.82, 2.24) is 10.6 Å². The molecule has 0 spiro atoms. The third-order valence-electron chi connectivity index (χ3n) is 3.72. The van der Waals surface area contributed by atoms with Gasteiger partial charge in [-0.25, -0.2) is 9.18 Å². The molecule has 2 rings (SSSR count). The topological polar surface area (TPSA) is 114 Å². The first-order valence-electron chi connectivity index (χ1n) is 8.44. The van der Waals surface area contributed by atoms with Crippen molar-refractivity contribution < 1.29 is 19.1 Å². The number of hydrogen-bond donors (Lipinski definition) is 5. The Morgan fingerprint density at radius 1 is 1.11 bits per heavy atom. The summed E-state index contributed by atoms with van der Waals surface area (Å²) in [5, 5.41) is 25.0. The highest BCUT2D eigenvalue weighted by atomic mass is 35.5. The molecule has 0 aliphatic carbocycles. The van der Waals surface area contributed by atoms with E-state index in [-0.39, 0.29) is 25.3 Å². The zero-order chi connectivity index (χ0) is 20.5.